The molecule has 4 heterocycles. The summed E-state index contributed by atoms with van der Waals surface area (Å²) in [4.78, 5) is 13.1. The van der Waals surface area contributed by atoms with Gasteiger partial charge in [0.2, 0.25) is 0 Å². The summed E-state index contributed by atoms with van der Waals surface area (Å²) in [5.41, 5.74) is 3.07. The molecule has 0 fully saturated rings. The van der Waals surface area contributed by atoms with E-state index in [0.717, 1.165) is 60.8 Å². The summed E-state index contributed by atoms with van der Waals surface area (Å²) >= 11 is 0. The Balaban J connectivity index is 1.41. The Bertz CT molecular complexity index is 1300. The maximum Gasteiger partial charge on any atom is 0.257 e. The van der Waals surface area contributed by atoms with E-state index in [0.29, 0.717) is 17.9 Å². The third-order valence-corrected chi connectivity index (χ3v) is 6.29. The van der Waals surface area contributed by atoms with E-state index >= 15 is 0 Å². The zero-order valence-corrected chi connectivity index (χ0v) is 18.8. The van der Waals surface area contributed by atoms with E-state index in [-0.39, 0.29) is 11.6 Å². The summed E-state index contributed by atoms with van der Waals surface area (Å²) in [5, 5.41) is 11.4. The van der Waals surface area contributed by atoms with Crippen LogP contribution in [0.3, 0.4) is 0 Å². The third kappa shape index (κ3) is 4.08. The van der Waals surface area contributed by atoms with Crippen LogP contribution in [0, 0.1) is 19.7 Å². The fourth-order valence-electron chi connectivity index (χ4n) is 4.48. The predicted octanol–water partition coefficient (Wildman–Crippen LogP) is 5.12. The summed E-state index contributed by atoms with van der Waals surface area (Å²) in [6, 6.07) is 10.2. The lowest BCUT2D eigenvalue weighted by Gasteiger charge is -2.11. The van der Waals surface area contributed by atoms with Gasteiger partial charge >= 0.3 is 0 Å². The second-order valence-corrected chi connectivity index (χ2v) is 8.50. The van der Waals surface area contributed by atoms with Crippen molar-refractivity contribution >= 4 is 11.6 Å². The SMILES string of the molecule is Cc1cc(C(=O)Nc2cc(-c3nnc4n3CCCCC4)ccc2F)c(C)n1Cc1ccco1. The van der Waals surface area contributed by atoms with E-state index in [1.807, 2.05) is 36.6 Å². The molecular formula is C25H26FN5O2. The minimum absolute atomic E-state index is 0.124. The first kappa shape index (κ1) is 21.2. The van der Waals surface area contributed by atoms with Crippen molar-refractivity contribution < 1.29 is 13.6 Å². The van der Waals surface area contributed by atoms with Crippen LogP contribution >= 0.6 is 0 Å². The molecule has 0 spiro atoms. The van der Waals surface area contributed by atoms with Gasteiger partial charge in [0, 0.05) is 29.9 Å². The molecule has 4 aromatic rings. The normalized spacial score (nSPS) is 13.5. The lowest BCUT2D eigenvalue weighted by molar-refractivity contribution is 0.102. The number of amides is 1. The van der Waals surface area contributed by atoms with Crippen molar-refractivity contribution in [2.24, 2.45) is 0 Å². The molecule has 1 aliphatic rings. The largest absolute Gasteiger partial charge is 0.467 e. The lowest BCUT2D eigenvalue weighted by Crippen LogP contribution is -2.14. The molecule has 170 valence electrons. The van der Waals surface area contributed by atoms with Gasteiger partial charge in [-0.2, -0.15) is 0 Å². The molecule has 0 aliphatic carbocycles. The maximum absolute atomic E-state index is 14.7. The molecule has 0 bridgehead atoms. The van der Waals surface area contributed by atoms with Gasteiger partial charge in [-0.05, 0) is 63.1 Å². The van der Waals surface area contributed by atoms with E-state index in [1.54, 1.807) is 18.4 Å². The Labute approximate surface area is 191 Å². The molecule has 0 saturated carbocycles. The Hall–Kier alpha value is -3.68. The molecule has 5 rings (SSSR count). The van der Waals surface area contributed by atoms with Gasteiger partial charge in [0.1, 0.15) is 17.4 Å². The van der Waals surface area contributed by atoms with Gasteiger partial charge < -0.3 is 18.9 Å². The van der Waals surface area contributed by atoms with E-state index in [9.17, 15) is 9.18 Å². The molecule has 0 unspecified atom stereocenters. The number of carbonyl (C=O) groups is 1. The molecule has 1 aromatic carbocycles. The van der Waals surface area contributed by atoms with Crippen LogP contribution in [0.5, 0.6) is 0 Å². The highest BCUT2D eigenvalue weighted by atomic mass is 19.1. The number of nitrogens with zero attached hydrogens (tertiary/aromatic N) is 4. The summed E-state index contributed by atoms with van der Waals surface area (Å²) in [6.45, 7) is 5.19. The van der Waals surface area contributed by atoms with Gasteiger partial charge in [-0.1, -0.05) is 6.42 Å². The number of benzene rings is 1. The number of furan rings is 1. The molecule has 0 radical (unpaired) electrons. The Kier molecular flexibility index (Phi) is 5.58. The smallest absolute Gasteiger partial charge is 0.257 e. The predicted molar refractivity (Wildman–Crippen MR) is 123 cm³/mol. The number of anilines is 1. The van der Waals surface area contributed by atoms with Crippen LogP contribution in [-0.2, 0) is 19.5 Å². The van der Waals surface area contributed by atoms with Crippen LogP contribution in [0.4, 0.5) is 10.1 Å². The number of aromatic nitrogens is 4. The number of rotatable bonds is 5. The zero-order valence-electron chi connectivity index (χ0n) is 18.8. The van der Waals surface area contributed by atoms with Gasteiger partial charge in [0.05, 0.1) is 24.1 Å². The average Bonchev–Trinajstić information content (AvgIpc) is 3.48. The van der Waals surface area contributed by atoms with Crippen molar-refractivity contribution in [3.8, 4) is 11.4 Å². The van der Waals surface area contributed by atoms with Crippen LogP contribution < -0.4 is 5.32 Å². The number of fused-ring (bicyclic) bond motifs is 1. The first-order chi connectivity index (χ1) is 16.0. The second kappa shape index (κ2) is 8.69. The molecule has 33 heavy (non-hydrogen) atoms. The number of hydrogen-bond acceptors (Lipinski definition) is 4. The highest BCUT2D eigenvalue weighted by Crippen LogP contribution is 2.27. The van der Waals surface area contributed by atoms with E-state index in [2.05, 4.69) is 20.1 Å². The molecule has 1 N–H and O–H groups in total. The lowest BCUT2D eigenvalue weighted by atomic mass is 10.1. The van der Waals surface area contributed by atoms with E-state index in [4.69, 9.17) is 4.42 Å². The summed E-state index contributed by atoms with van der Waals surface area (Å²) in [6.07, 6.45) is 5.84. The minimum atomic E-state index is -0.493. The minimum Gasteiger partial charge on any atom is -0.467 e. The van der Waals surface area contributed by atoms with Gasteiger partial charge in [0.15, 0.2) is 5.82 Å². The van der Waals surface area contributed by atoms with Gasteiger partial charge in [-0.3, -0.25) is 4.79 Å². The molecule has 1 aliphatic heterocycles. The van der Waals surface area contributed by atoms with Crippen molar-refractivity contribution in [2.45, 2.75) is 52.6 Å². The first-order valence-electron chi connectivity index (χ1n) is 11.2. The topological polar surface area (TPSA) is 77.9 Å². The molecular weight excluding hydrogens is 421 g/mol. The Morgan fingerprint density at radius 3 is 2.85 bits per heavy atom. The molecule has 0 saturated heterocycles. The van der Waals surface area contributed by atoms with Crippen molar-refractivity contribution in [3.05, 3.63) is 77.0 Å². The van der Waals surface area contributed by atoms with Crippen LogP contribution in [0.2, 0.25) is 0 Å². The van der Waals surface area contributed by atoms with E-state index < -0.39 is 5.82 Å². The number of aryl methyl sites for hydroxylation is 2. The van der Waals surface area contributed by atoms with Crippen molar-refractivity contribution in [3.63, 3.8) is 0 Å². The zero-order chi connectivity index (χ0) is 22.9. The number of hydrogen-bond donors (Lipinski definition) is 1. The Morgan fingerprint density at radius 1 is 1.15 bits per heavy atom. The van der Waals surface area contributed by atoms with Gasteiger partial charge in [-0.25, -0.2) is 4.39 Å². The monoisotopic (exact) mass is 447 g/mol. The van der Waals surface area contributed by atoms with Crippen molar-refractivity contribution in [2.75, 3.05) is 5.32 Å². The quantitative estimate of drug-likeness (QED) is 0.460. The van der Waals surface area contributed by atoms with Crippen LogP contribution in [-0.4, -0.2) is 25.2 Å². The third-order valence-electron chi connectivity index (χ3n) is 6.29. The number of carbonyl (C=O) groups excluding carboxylic acids is 1. The first-order valence-corrected chi connectivity index (χ1v) is 11.2. The molecule has 1 amide bonds. The molecule has 0 atom stereocenters. The van der Waals surface area contributed by atoms with Crippen molar-refractivity contribution in [1.29, 1.82) is 0 Å². The molecule has 8 heteroatoms. The van der Waals surface area contributed by atoms with Crippen molar-refractivity contribution in [1.82, 2.24) is 19.3 Å². The average molecular weight is 448 g/mol. The fraction of sp³-hybridized carbons (Fsp3) is 0.320. The molecule has 7 nitrogen and oxygen atoms in total. The maximum atomic E-state index is 14.7. The summed E-state index contributed by atoms with van der Waals surface area (Å²) in [7, 11) is 0. The fourth-order valence-corrected chi connectivity index (χ4v) is 4.48. The van der Waals surface area contributed by atoms with Crippen LogP contribution in [0.1, 0.15) is 52.6 Å². The van der Waals surface area contributed by atoms with Gasteiger partial charge in [-0.15, -0.1) is 10.2 Å². The van der Waals surface area contributed by atoms with Crippen LogP contribution in [0.25, 0.3) is 11.4 Å². The Morgan fingerprint density at radius 2 is 2.03 bits per heavy atom. The highest BCUT2D eigenvalue weighted by molar-refractivity contribution is 6.05. The molecule has 3 aromatic heterocycles. The number of halogens is 1. The van der Waals surface area contributed by atoms with E-state index in [1.165, 1.54) is 6.07 Å². The van der Waals surface area contributed by atoms with Crippen LogP contribution in [0.15, 0.2) is 47.1 Å². The number of nitrogens with one attached hydrogen (secondary N) is 1. The second-order valence-electron chi connectivity index (χ2n) is 8.50. The summed E-state index contributed by atoms with van der Waals surface area (Å²) in [5.74, 6) is 1.62. The van der Waals surface area contributed by atoms with Gasteiger partial charge in [0.25, 0.3) is 5.91 Å². The summed E-state index contributed by atoms with van der Waals surface area (Å²) < 4.78 is 24.2. The highest BCUT2D eigenvalue weighted by Gasteiger charge is 2.20. The standard InChI is InChI=1S/C25H26FN5O2/c1-16-13-20(17(2)31(16)15-19-7-6-12-33-19)25(32)27-22-14-18(9-10-21(22)26)24-29-28-23-8-4-3-5-11-30(23)24/h6-7,9-10,12-14H,3-5,8,11,15H2,1-2H3,(H,27,32).